The normalized spacial score (nSPS) is 15.3. The Balaban J connectivity index is 0.000000501. The van der Waals surface area contributed by atoms with E-state index in [2.05, 4.69) is 66.7 Å². The molecule has 2 fully saturated rings. The number of carbonyl (C=O) groups is 1. The summed E-state index contributed by atoms with van der Waals surface area (Å²) in [4.78, 5) is 10.7. The van der Waals surface area contributed by atoms with Crippen molar-refractivity contribution in [1.82, 2.24) is 10.6 Å². The Morgan fingerprint density at radius 2 is 1.36 bits per heavy atom. The van der Waals surface area contributed by atoms with Gasteiger partial charge in [0.05, 0.1) is 6.04 Å². The van der Waals surface area contributed by atoms with E-state index in [1.54, 1.807) is 12.1 Å². The summed E-state index contributed by atoms with van der Waals surface area (Å²) < 4.78 is 12.5. The molecule has 0 spiro atoms. The van der Waals surface area contributed by atoms with Crippen LogP contribution in [0.2, 0.25) is 0 Å². The highest BCUT2D eigenvalue weighted by Crippen LogP contribution is 2.17. The fourth-order valence-corrected chi connectivity index (χ4v) is 4.23. The first-order chi connectivity index (χ1) is 17.5. The van der Waals surface area contributed by atoms with Gasteiger partial charge in [-0.15, -0.1) is 25.7 Å². The topological polar surface area (TPSA) is 41.1 Å². The zero-order chi connectivity index (χ0) is 27.0. The van der Waals surface area contributed by atoms with Crippen LogP contribution in [-0.2, 0) is 11.2 Å². The van der Waals surface area contributed by atoms with Crippen molar-refractivity contribution in [2.45, 2.75) is 77.7 Å². The first-order valence-corrected chi connectivity index (χ1v) is 13.0. The molecule has 1 aliphatic heterocycles. The van der Waals surface area contributed by atoms with Gasteiger partial charge in [0.2, 0.25) is 5.91 Å². The molecule has 0 bridgehead atoms. The summed E-state index contributed by atoms with van der Waals surface area (Å²) in [6.45, 7) is 5.73. The zero-order valence-corrected chi connectivity index (χ0v) is 22.2. The van der Waals surface area contributed by atoms with E-state index in [9.17, 15) is 9.18 Å². The van der Waals surface area contributed by atoms with Crippen molar-refractivity contribution in [3.63, 3.8) is 0 Å². The molecule has 3 nitrogen and oxygen atoms in total. The molecule has 196 valence electrons. The molecule has 2 aromatic carbocycles. The van der Waals surface area contributed by atoms with E-state index in [4.69, 9.17) is 0 Å². The van der Waals surface area contributed by atoms with Crippen LogP contribution in [-0.4, -0.2) is 19.0 Å². The molecule has 1 aliphatic carbocycles. The van der Waals surface area contributed by atoms with E-state index < -0.39 is 0 Å². The van der Waals surface area contributed by atoms with Crippen LogP contribution in [0.4, 0.5) is 4.39 Å². The smallest absolute Gasteiger partial charge is 0.217 e. The zero-order valence-electron chi connectivity index (χ0n) is 22.2. The molecule has 0 radical (unpaired) electrons. The lowest BCUT2D eigenvalue weighted by molar-refractivity contribution is -0.119. The summed E-state index contributed by atoms with van der Waals surface area (Å²) in [6.07, 6.45) is 29.0. The molecule has 1 saturated heterocycles. The first kappa shape index (κ1) is 32.9. The van der Waals surface area contributed by atoms with Gasteiger partial charge in [0, 0.05) is 6.92 Å². The molecule has 1 atom stereocenters. The molecule has 4 heteroatoms. The summed E-state index contributed by atoms with van der Waals surface area (Å²) in [5, 5.41) is 6.12. The SMILES string of the molecule is C#C.C#C.C1CCCCC1.CC(=O)N[C@@H](C)c1ccc(F)cc1.c1ccc(CC2CCNCC2)cc1. The van der Waals surface area contributed by atoms with Gasteiger partial charge in [-0.1, -0.05) is 81.0 Å². The van der Waals surface area contributed by atoms with Crippen LogP contribution in [0.15, 0.2) is 54.6 Å². The van der Waals surface area contributed by atoms with Gasteiger partial charge in [-0.05, 0) is 68.5 Å². The third-order valence-electron chi connectivity index (χ3n) is 6.12. The van der Waals surface area contributed by atoms with E-state index in [-0.39, 0.29) is 17.8 Å². The maximum Gasteiger partial charge on any atom is 0.217 e. The fourth-order valence-electron chi connectivity index (χ4n) is 4.23. The molecule has 2 aliphatic rings. The summed E-state index contributed by atoms with van der Waals surface area (Å²) in [7, 11) is 0. The van der Waals surface area contributed by atoms with Gasteiger partial charge < -0.3 is 10.6 Å². The highest BCUT2D eigenvalue weighted by atomic mass is 19.1. The summed E-state index contributed by atoms with van der Waals surface area (Å²) in [5.41, 5.74) is 2.39. The van der Waals surface area contributed by atoms with E-state index in [0.717, 1.165) is 11.5 Å². The number of terminal acetylenes is 2. The van der Waals surface area contributed by atoms with Crippen molar-refractivity contribution in [2.24, 2.45) is 5.92 Å². The van der Waals surface area contributed by atoms with Crippen molar-refractivity contribution in [1.29, 1.82) is 0 Å². The van der Waals surface area contributed by atoms with Crippen molar-refractivity contribution < 1.29 is 9.18 Å². The van der Waals surface area contributed by atoms with Gasteiger partial charge in [0.1, 0.15) is 5.82 Å². The molecular weight excluding hydrogens is 447 g/mol. The number of carbonyl (C=O) groups excluding carboxylic acids is 1. The largest absolute Gasteiger partial charge is 0.350 e. The summed E-state index contributed by atoms with van der Waals surface area (Å²) in [5.74, 6) is 0.555. The molecule has 2 N–H and O–H groups in total. The summed E-state index contributed by atoms with van der Waals surface area (Å²) >= 11 is 0. The van der Waals surface area contributed by atoms with E-state index in [1.165, 1.54) is 95.5 Å². The van der Waals surface area contributed by atoms with Crippen LogP contribution in [0.3, 0.4) is 0 Å². The van der Waals surface area contributed by atoms with Gasteiger partial charge in [-0.2, -0.15) is 0 Å². The average molecular weight is 493 g/mol. The Hall–Kier alpha value is -3.08. The van der Waals surface area contributed by atoms with Crippen molar-refractivity contribution in [3.8, 4) is 25.7 Å². The van der Waals surface area contributed by atoms with Crippen LogP contribution >= 0.6 is 0 Å². The number of halogens is 1. The van der Waals surface area contributed by atoms with Crippen LogP contribution in [0, 0.1) is 37.4 Å². The van der Waals surface area contributed by atoms with Crippen LogP contribution in [0.25, 0.3) is 0 Å². The van der Waals surface area contributed by atoms with E-state index in [0.29, 0.717) is 0 Å². The van der Waals surface area contributed by atoms with Gasteiger partial charge in [-0.3, -0.25) is 4.79 Å². The minimum Gasteiger partial charge on any atom is -0.350 e. The second-order valence-corrected chi connectivity index (χ2v) is 8.98. The lowest BCUT2D eigenvalue weighted by atomic mass is 9.91. The molecule has 36 heavy (non-hydrogen) atoms. The second kappa shape index (κ2) is 22.4. The average Bonchev–Trinajstić information content (AvgIpc) is 2.94. The van der Waals surface area contributed by atoms with Gasteiger partial charge in [-0.25, -0.2) is 4.39 Å². The molecule has 1 amide bonds. The van der Waals surface area contributed by atoms with Crippen LogP contribution in [0.1, 0.15) is 82.4 Å². The van der Waals surface area contributed by atoms with Gasteiger partial charge >= 0.3 is 0 Å². The van der Waals surface area contributed by atoms with Crippen LogP contribution in [0.5, 0.6) is 0 Å². The minimum absolute atomic E-state index is 0.0712. The Morgan fingerprint density at radius 3 is 1.81 bits per heavy atom. The number of amides is 1. The third-order valence-corrected chi connectivity index (χ3v) is 6.12. The quantitative estimate of drug-likeness (QED) is 0.447. The lowest BCUT2D eigenvalue weighted by Crippen LogP contribution is -2.28. The van der Waals surface area contributed by atoms with E-state index >= 15 is 0 Å². The number of benzene rings is 2. The molecule has 0 aromatic heterocycles. The number of hydrogen-bond acceptors (Lipinski definition) is 2. The Labute approximate surface area is 219 Å². The number of hydrogen-bond donors (Lipinski definition) is 2. The number of piperidine rings is 1. The number of rotatable bonds is 4. The van der Waals surface area contributed by atoms with Gasteiger partial charge in [0.25, 0.3) is 0 Å². The molecule has 1 saturated carbocycles. The van der Waals surface area contributed by atoms with Gasteiger partial charge in [0.15, 0.2) is 0 Å². The van der Waals surface area contributed by atoms with Crippen molar-refractivity contribution in [3.05, 3.63) is 71.5 Å². The van der Waals surface area contributed by atoms with Crippen molar-refractivity contribution >= 4 is 5.91 Å². The first-order valence-electron chi connectivity index (χ1n) is 13.0. The Kier molecular flexibility index (Phi) is 20.5. The predicted molar refractivity (Wildman–Crippen MR) is 152 cm³/mol. The molecule has 1 heterocycles. The Bertz CT molecular complexity index is 802. The highest BCUT2D eigenvalue weighted by Gasteiger charge is 2.12. The van der Waals surface area contributed by atoms with Crippen LogP contribution < -0.4 is 10.6 Å². The minimum atomic E-state index is -0.265. The Morgan fingerprint density at radius 1 is 0.889 bits per heavy atom. The monoisotopic (exact) mass is 492 g/mol. The van der Waals surface area contributed by atoms with E-state index in [1.807, 2.05) is 6.92 Å². The molecular formula is C32H45FN2O. The lowest BCUT2D eigenvalue weighted by Gasteiger charge is -2.22. The maximum absolute atomic E-state index is 12.5. The molecule has 0 unspecified atom stereocenters. The third kappa shape index (κ3) is 16.5. The molecule has 4 rings (SSSR count). The predicted octanol–water partition coefficient (Wildman–Crippen LogP) is 7.09. The number of nitrogens with one attached hydrogen (secondary N) is 2. The van der Waals surface area contributed by atoms with Crippen molar-refractivity contribution in [2.75, 3.05) is 13.1 Å². The standard InChI is InChI=1S/C12H17N.C10H12FNO.C6H12.2C2H2/c1-2-4-11(5-3-1)10-12-6-8-13-9-7-12;1-7(12-8(2)13)9-3-5-10(11)6-4-9;1-2-4-6-5-3-1;2*1-2/h1-5,12-13H,6-10H2;3-7H,1-2H3,(H,12,13);1-6H2;2*1-2H/t;7-;;;/m.0.../s1. The molecule has 2 aromatic rings. The summed E-state index contributed by atoms with van der Waals surface area (Å²) in [6, 6.07) is 16.9. The fraction of sp³-hybridized carbons (Fsp3) is 0.469. The maximum atomic E-state index is 12.5. The highest BCUT2D eigenvalue weighted by molar-refractivity contribution is 5.73. The second-order valence-electron chi connectivity index (χ2n) is 8.98.